The van der Waals surface area contributed by atoms with Crippen LogP contribution in [-0.4, -0.2) is 314 Å². The number of aliphatic imine (C=N–C) groups is 1. The largest absolute Gasteiger partial charge is 0.368 e. The van der Waals surface area contributed by atoms with Gasteiger partial charge in [0.05, 0.1) is 83.1 Å². The third-order valence-electron chi connectivity index (χ3n) is 26.7. The highest BCUT2D eigenvalue weighted by atomic mass is 16.2. The first-order valence-corrected chi connectivity index (χ1v) is 47.6. The molecule has 4 saturated heterocycles. The average molecular weight is 1880 g/mol. The second-order valence-electron chi connectivity index (χ2n) is 37.2. The van der Waals surface area contributed by atoms with Crippen LogP contribution in [0.3, 0.4) is 0 Å². The number of aromatic amines is 3. The zero-order chi connectivity index (χ0) is 96.6. The Morgan fingerprint density at radius 1 is 0.424 bits per heavy atom. The fourth-order valence-corrected chi connectivity index (χ4v) is 19.3. The summed E-state index contributed by atoms with van der Waals surface area (Å²) in [5.41, 5.74) is 24.5. The molecule has 4 atom stereocenters. The van der Waals surface area contributed by atoms with E-state index in [0.29, 0.717) is 168 Å². The smallest absolute Gasteiger partial charge is 0.253 e. The van der Waals surface area contributed by atoms with Gasteiger partial charge in [0.1, 0.15) is 53.0 Å². The number of rotatable bonds is 36. The molecule has 8 N–H and O–H groups in total. The van der Waals surface area contributed by atoms with Crippen LogP contribution in [0.2, 0.25) is 0 Å². The van der Waals surface area contributed by atoms with Crippen molar-refractivity contribution in [1.29, 1.82) is 0 Å². The van der Waals surface area contributed by atoms with E-state index in [1.165, 1.54) is 9.80 Å². The number of benzene rings is 8. The lowest BCUT2D eigenvalue weighted by Gasteiger charge is -2.36. The van der Waals surface area contributed by atoms with Crippen molar-refractivity contribution < 1.29 is 47.9 Å². The van der Waals surface area contributed by atoms with Gasteiger partial charge in [0, 0.05) is 131 Å². The Morgan fingerprint density at radius 3 is 1.26 bits per heavy atom. The number of nitrogens with one attached hydrogen (secondary N) is 6. The number of hydrogen-bond acceptors (Lipinski definition) is 21. The molecule has 36 nitrogen and oxygen atoms in total. The van der Waals surface area contributed by atoms with Crippen LogP contribution in [0.4, 0.5) is 5.69 Å². The lowest BCUT2D eigenvalue weighted by atomic mass is 9.98. The van der Waals surface area contributed by atoms with Gasteiger partial charge in [-0.1, -0.05) is 83.2 Å². The van der Waals surface area contributed by atoms with E-state index in [4.69, 9.17) is 25.7 Å². The number of nitrogens with two attached hydrogens (primary N) is 1. The summed E-state index contributed by atoms with van der Waals surface area (Å²) in [5, 5.41) is 26.5. The van der Waals surface area contributed by atoms with E-state index in [0.717, 1.165) is 113 Å². The molecule has 139 heavy (non-hydrogen) atoms. The number of carbonyl (C=O) groups is 10. The van der Waals surface area contributed by atoms with Crippen LogP contribution in [0.25, 0.3) is 89.5 Å². The lowest BCUT2D eigenvalue weighted by molar-refractivity contribution is -0.153. The number of likely N-dealkylation sites (N-methyl/N-ethyl adjacent to an activating group) is 2. The van der Waals surface area contributed by atoms with Crippen molar-refractivity contribution in [2.75, 3.05) is 121 Å². The fraction of sp³-hybridized carbons (Fsp3) is 0.359. The molecule has 0 unspecified atom stereocenters. The van der Waals surface area contributed by atoms with Crippen LogP contribution in [0, 0.1) is 0 Å². The van der Waals surface area contributed by atoms with E-state index < -0.39 is 36.0 Å². The molecule has 716 valence electrons. The molecule has 0 aliphatic carbocycles. The number of primary amides is 1. The number of aromatic nitrogens is 12. The lowest BCUT2D eigenvalue weighted by Crippen LogP contribution is -2.58. The molecule has 0 spiro atoms. The second-order valence-corrected chi connectivity index (χ2v) is 37.2. The number of likely N-dealkylation sites (tertiary alicyclic amines) is 4. The normalized spacial score (nSPS) is 16.3. The van der Waals surface area contributed by atoms with Gasteiger partial charge in [-0.3, -0.25) is 62.3 Å². The molecule has 18 rings (SSSR count). The zero-order valence-corrected chi connectivity index (χ0v) is 78.9. The quantitative estimate of drug-likeness (QED) is 0.0180. The maximum atomic E-state index is 14.8. The number of imidazole rings is 3. The van der Waals surface area contributed by atoms with Crippen molar-refractivity contribution in [3.63, 3.8) is 0 Å². The van der Waals surface area contributed by atoms with Crippen molar-refractivity contribution in [1.82, 2.24) is 120 Å². The summed E-state index contributed by atoms with van der Waals surface area (Å²) < 4.78 is 3.32. The number of fused-ring (bicyclic) bond motifs is 4. The first kappa shape index (κ1) is 94.1. The standard InChI is InChI=1S/C103H114N26O10/c1-119(2)51-42-106-96(132)68-25-19-65(20-26-68)93-109-80-38-34-73(54-84(80)112-93)72-33-37-79-76(53-72)57-83(108-79)64-17-29-70(30-18-64)98(134)121(5)59-77-61-124(117-115-77)45-11-41-105-58-92(131)126-47-7-14-88(126)101(137)128-49-9-16-90(128)103(139)129-50-10-15-89(129)102(138)127-48-8-13-87(127)100(136)123(63-91(104)130)44-12-46-125-62-78(116-118-125)60-122(6)99(135)71-31-23-67(24-32-71)95-111-82-40-36-75(56-86(82)114-95)74-35-39-81-85(55-74)113-94(110-81)66-21-27-69(28-22-66)97(133)107-43-52-120(3)4/h17-40,53-56,61-62,87-90,105H,7-16,41-52,57-60,63H2,1-6H3,(H2,104,130)(H,106,132)(H,107,133)(H,109,112)(H,110,113)(H,111,114)/t87-,88-,89-,90-/m0/s1. The molecular weight excluding hydrogens is 1760 g/mol. The van der Waals surface area contributed by atoms with E-state index in [9.17, 15) is 47.9 Å². The molecule has 5 aromatic heterocycles. The summed E-state index contributed by atoms with van der Waals surface area (Å²) >= 11 is 0. The van der Waals surface area contributed by atoms with Crippen molar-refractivity contribution >= 4 is 104 Å². The third-order valence-corrected chi connectivity index (χ3v) is 26.7. The third kappa shape index (κ3) is 21.4. The maximum absolute atomic E-state index is 14.8. The van der Waals surface area contributed by atoms with Gasteiger partial charge in [0.2, 0.25) is 35.4 Å². The van der Waals surface area contributed by atoms with Crippen LogP contribution < -0.4 is 21.7 Å². The SMILES string of the molecule is CN(C)CCNC(=O)c1ccc(-c2nc3ccc(-c4ccc5c(c4)CC(c4ccc(C(=O)N(C)Cc6cn(CCCNCC(=O)N7CCC[C@H]7C(=O)N7CCC[C@H]7C(=O)N7CCC[C@H]7C(=O)N7CCC[C@H]7C(=O)N(CCCn7cc(CN(C)C(=O)c8ccc(-c9nc%10ccc(-c%11ccc%12nc(-c%13ccc(C(=O)NCCN(C)C)cc%13)[nH]c%12c%11)cc%10[nH]9)cc8)nn7)CC(N)=O)nn6)cc4)=N5)cc3[nH]2)cc1. The van der Waals surface area contributed by atoms with E-state index in [-0.39, 0.29) is 86.5 Å². The average Bonchev–Trinajstić information content (AvgIpc) is 1.65. The minimum absolute atomic E-state index is 0.000613. The molecule has 0 radical (unpaired) electrons. The van der Waals surface area contributed by atoms with Gasteiger partial charge in [-0.15, -0.1) is 10.2 Å². The Labute approximate surface area is 803 Å². The number of aryl methyl sites for hydroxylation is 2. The number of hydrogen-bond donors (Lipinski definition) is 7. The number of amides is 10. The molecule has 36 heteroatoms. The van der Waals surface area contributed by atoms with Gasteiger partial charge in [-0.25, -0.2) is 15.0 Å². The molecule has 10 amide bonds. The minimum atomic E-state index is -0.896. The second kappa shape index (κ2) is 41.7. The monoisotopic (exact) mass is 1870 g/mol. The van der Waals surface area contributed by atoms with Crippen LogP contribution in [0.15, 0.2) is 187 Å². The maximum Gasteiger partial charge on any atom is 0.253 e. The van der Waals surface area contributed by atoms with Crippen molar-refractivity contribution in [2.24, 2.45) is 10.7 Å². The van der Waals surface area contributed by atoms with E-state index >= 15 is 0 Å². The van der Waals surface area contributed by atoms with Gasteiger partial charge in [-0.2, -0.15) is 0 Å². The van der Waals surface area contributed by atoms with Crippen LogP contribution >= 0.6 is 0 Å². The van der Waals surface area contributed by atoms with E-state index in [2.05, 4.69) is 87.9 Å². The first-order valence-electron chi connectivity index (χ1n) is 47.6. The van der Waals surface area contributed by atoms with E-state index in [1.54, 1.807) is 84.6 Å². The van der Waals surface area contributed by atoms with E-state index in [1.807, 2.05) is 147 Å². The fourth-order valence-electron chi connectivity index (χ4n) is 19.3. The van der Waals surface area contributed by atoms with Gasteiger partial charge < -0.3 is 80.7 Å². The Bertz CT molecular complexity index is 6810. The minimum Gasteiger partial charge on any atom is -0.368 e. The molecule has 0 bridgehead atoms. The summed E-state index contributed by atoms with van der Waals surface area (Å²) in [4.78, 5) is 183. The van der Waals surface area contributed by atoms with Gasteiger partial charge in [0.15, 0.2) is 0 Å². The molecule has 5 aliphatic heterocycles. The Hall–Kier alpha value is -15.3. The predicted molar refractivity (Wildman–Crippen MR) is 526 cm³/mol. The van der Waals surface area contributed by atoms with Crippen molar-refractivity contribution in [3.8, 4) is 56.4 Å². The Morgan fingerprint density at radius 2 is 0.813 bits per heavy atom. The van der Waals surface area contributed by atoms with Crippen molar-refractivity contribution in [3.05, 3.63) is 227 Å². The van der Waals surface area contributed by atoms with Crippen LogP contribution in [0.1, 0.15) is 128 Å². The summed E-state index contributed by atoms with van der Waals surface area (Å²) in [6.07, 6.45) is 8.97. The zero-order valence-electron chi connectivity index (χ0n) is 78.9. The Kier molecular flexibility index (Phi) is 28.2. The number of carbonyl (C=O) groups excluding carboxylic acids is 10. The van der Waals surface area contributed by atoms with Gasteiger partial charge in [0.25, 0.3) is 23.6 Å². The summed E-state index contributed by atoms with van der Waals surface area (Å²) in [6, 6.07) is 50.8. The molecule has 5 aliphatic rings. The van der Waals surface area contributed by atoms with Crippen LogP contribution in [0.5, 0.6) is 0 Å². The van der Waals surface area contributed by atoms with Gasteiger partial charge >= 0.3 is 0 Å². The van der Waals surface area contributed by atoms with Crippen LogP contribution in [-0.2, 0) is 61.4 Å². The van der Waals surface area contributed by atoms with Gasteiger partial charge in [-0.05, 0) is 229 Å². The number of nitrogens with zero attached hydrogens (tertiary/aromatic N) is 19. The molecule has 8 aromatic carbocycles. The summed E-state index contributed by atoms with van der Waals surface area (Å²) in [5.74, 6) is -0.924. The predicted octanol–water partition coefficient (Wildman–Crippen LogP) is 8.99. The topological polar surface area (TPSA) is 422 Å². The summed E-state index contributed by atoms with van der Waals surface area (Å²) in [7, 11) is 11.3. The Balaban J connectivity index is 0.409. The highest BCUT2D eigenvalue weighted by Gasteiger charge is 2.48. The first-order chi connectivity index (χ1) is 67.3. The molecule has 0 saturated carbocycles. The molecule has 13 aromatic rings. The molecule has 10 heterocycles. The highest BCUT2D eigenvalue weighted by Crippen LogP contribution is 2.38. The summed E-state index contributed by atoms with van der Waals surface area (Å²) in [6.45, 7) is 5.31. The molecule has 4 fully saturated rings. The van der Waals surface area contributed by atoms with Crippen molar-refractivity contribution in [2.45, 2.75) is 121 Å². The number of H-pyrrole nitrogens is 3. The highest BCUT2D eigenvalue weighted by molar-refractivity contribution is 6.08. The molecular formula is C103H114N26O10.